The predicted octanol–water partition coefficient (Wildman–Crippen LogP) is 3.40. The van der Waals surface area contributed by atoms with E-state index in [0.717, 1.165) is 5.75 Å². The molecule has 1 N–H and O–H groups in total. The fourth-order valence-corrected chi connectivity index (χ4v) is 2.62. The zero-order chi connectivity index (χ0) is 12.5. The van der Waals surface area contributed by atoms with E-state index in [4.69, 9.17) is 4.74 Å². The molecule has 2 aromatic carbocycles. The number of ether oxygens (including phenoxy) is 1. The predicted molar refractivity (Wildman–Crippen MR) is 73.8 cm³/mol. The highest BCUT2D eigenvalue weighted by atomic mass is 16.5. The average Bonchev–Trinajstić information content (AvgIpc) is 2.74. The Labute approximate surface area is 108 Å². The summed E-state index contributed by atoms with van der Waals surface area (Å²) >= 11 is 0. The van der Waals surface area contributed by atoms with Gasteiger partial charge in [-0.1, -0.05) is 36.4 Å². The molecule has 0 radical (unpaired) electrons. The lowest BCUT2D eigenvalue weighted by atomic mass is 9.98. The molecule has 18 heavy (non-hydrogen) atoms. The third-order valence-corrected chi connectivity index (χ3v) is 3.55. The standard InChI is InChI=1S/C16H17NO/c1-11-16(17-2)14-10-13(8-9-15(14)18-11)12-6-4-3-5-7-12/h3-11,16-17H,1-2H3. The van der Waals surface area contributed by atoms with Gasteiger partial charge in [0.2, 0.25) is 0 Å². The second-order valence-corrected chi connectivity index (χ2v) is 4.71. The molecule has 2 heteroatoms. The molecule has 2 atom stereocenters. The Kier molecular flexibility index (Phi) is 2.80. The van der Waals surface area contributed by atoms with Crippen molar-refractivity contribution in [3.63, 3.8) is 0 Å². The van der Waals surface area contributed by atoms with Crippen LogP contribution in [0.2, 0.25) is 0 Å². The molecular formula is C16H17NO. The molecule has 2 nitrogen and oxygen atoms in total. The van der Waals surface area contributed by atoms with Crippen molar-refractivity contribution in [2.24, 2.45) is 0 Å². The van der Waals surface area contributed by atoms with Gasteiger partial charge in [-0.05, 0) is 37.2 Å². The minimum Gasteiger partial charge on any atom is -0.488 e. The van der Waals surface area contributed by atoms with E-state index in [-0.39, 0.29) is 12.1 Å². The molecule has 0 spiro atoms. The topological polar surface area (TPSA) is 21.3 Å². The number of rotatable bonds is 2. The van der Waals surface area contributed by atoms with E-state index in [9.17, 15) is 0 Å². The van der Waals surface area contributed by atoms with E-state index in [1.807, 2.05) is 13.1 Å². The summed E-state index contributed by atoms with van der Waals surface area (Å²) in [5.41, 5.74) is 3.74. The van der Waals surface area contributed by atoms with Crippen molar-refractivity contribution in [3.8, 4) is 16.9 Å². The van der Waals surface area contributed by atoms with Crippen molar-refractivity contribution in [1.82, 2.24) is 5.32 Å². The molecule has 0 aromatic heterocycles. The van der Waals surface area contributed by atoms with Crippen molar-refractivity contribution in [2.45, 2.75) is 19.1 Å². The minimum atomic E-state index is 0.191. The normalized spacial score (nSPS) is 21.4. The summed E-state index contributed by atoms with van der Waals surface area (Å²) in [6.07, 6.45) is 0.191. The second kappa shape index (κ2) is 4.46. The van der Waals surface area contributed by atoms with E-state index < -0.39 is 0 Å². The van der Waals surface area contributed by atoms with Crippen molar-refractivity contribution in [2.75, 3.05) is 7.05 Å². The molecule has 0 saturated carbocycles. The fourth-order valence-electron chi connectivity index (χ4n) is 2.62. The molecule has 0 bridgehead atoms. The van der Waals surface area contributed by atoms with Gasteiger partial charge in [-0.2, -0.15) is 0 Å². The summed E-state index contributed by atoms with van der Waals surface area (Å²) in [6, 6.07) is 17.2. The number of hydrogen-bond donors (Lipinski definition) is 1. The van der Waals surface area contributed by atoms with E-state index in [0.29, 0.717) is 0 Å². The molecule has 92 valence electrons. The zero-order valence-electron chi connectivity index (χ0n) is 10.7. The van der Waals surface area contributed by atoms with Gasteiger partial charge >= 0.3 is 0 Å². The Morgan fingerprint density at radius 2 is 1.78 bits per heavy atom. The summed E-state index contributed by atoms with van der Waals surface area (Å²) in [4.78, 5) is 0. The Morgan fingerprint density at radius 1 is 1.00 bits per heavy atom. The summed E-state index contributed by atoms with van der Waals surface area (Å²) in [5.74, 6) is 1.00. The minimum absolute atomic E-state index is 0.191. The van der Waals surface area contributed by atoms with Crippen molar-refractivity contribution in [3.05, 3.63) is 54.1 Å². The molecule has 0 amide bonds. The highest BCUT2D eigenvalue weighted by molar-refractivity contribution is 5.66. The van der Waals surface area contributed by atoms with Crippen LogP contribution in [0.4, 0.5) is 0 Å². The van der Waals surface area contributed by atoms with Crippen LogP contribution in [0.15, 0.2) is 48.5 Å². The Balaban J connectivity index is 2.05. The lowest BCUT2D eigenvalue weighted by Crippen LogP contribution is -2.25. The third-order valence-electron chi connectivity index (χ3n) is 3.55. The van der Waals surface area contributed by atoms with Gasteiger partial charge in [-0.15, -0.1) is 0 Å². The Bertz CT molecular complexity index is 550. The molecule has 1 aliphatic rings. The van der Waals surface area contributed by atoms with Crippen molar-refractivity contribution < 1.29 is 4.74 Å². The van der Waals surface area contributed by atoms with Crippen LogP contribution in [-0.4, -0.2) is 13.2 Å². The van der Waals surface area contributed by atoms with Crippen molar-refractivity contribution in [1.29, 1.82) is 0 Å². The van der Waals surface area contributed by atoms with Crippen LogP contribution in [0.3, 0.4) is 0 Å². The number of hydrogen-bond acceptors (Lipinski definition) is 2. The van der Waals surface area contributed by atoms with Crippen LogP contribution in [0.5, 0.6) is 5.75 Å². The molecule has 2 aromatic rings. The van der Waals surface area contributed by atoms with Gasteiger partial charge in [-0.3, -0.25) is 0 Å². The van der Waals surface area contributed by atoms with Gasteiger partial charge in [0.15, 0.2) is 0 Å². The Morgan fingerprint density at radius 3 is 2.50 bits per heavy atom. The molecule has 1 heterocycles. The Hall–Kier alpha value is -1.80. The van der Waals surface area contributed by atoms with E-state index in [2.05, 4.69) is 54.7 Å². The van der Waals surface area contributed by atoms with Crippen molar-refractivity contribution >= 4 is 0 Å². The SMILES string of the molecule is CNC1c2cc(-c3ccccc3)ccc2OC1C. The highest BCUT2D eigenvalue weighted by Crippen LogP contribution is 2.38. The first kappa shape index (κ1) is 11.3. The lowest BCUT2D eigenvalue weighted by Gasteiger charge is -2.13. The highest BCUT2D eigenvalue weighted by Gasteiger charge is 2.29. The molecular weight excluding hydrogens is 222 g/mol. The monoisotopic (exact) mass is 239 g/mol. The maximum atomic E-state index is 5.84. The van der Waals surface area contributed by atoms with E-state index in [1.54, 1.807) is 0 Å². The maximum absolute atomic E-state index is 5.84. The third kappa shape index (κ3) is 1.79. The van der Waals surface area contributed by atoms with Crippen LogP contribution in [0, 0.1) is 0 Å². The summed E-state index contributed by atoms with van der Waals surface area (Å²) in [6.45, 7) is 2.10. The molecule has 0 fully saturated rings. The number of fused-ring (bicyclic) bond motifs is 1. The largest absolute Gasteiger partial charge is 0.488 e. The first-order chi connectivity index (χ1) is 8.79. The molecule has 3 rings (SSSR count). The van der Waals surface area contributed by atoms with Gasteiger partial charge in [0.1, 0.15) is 11.9 Å². The average molecular weight is 239 g/mol. The van der Waals surface area contributed by atoms with Crippen LogP contribution in [0.25, 0.3) is 11.1 Å². The summed E-state index contributed by atoms with van der Waals surface area (Å²) < 4.78 is 5.84. The summed E-state index contributed by atoms with van der Waals surface area (Å²) in [5, 5.41) is 3.32. The lowest BCUT2D eigenvalue weighted by molar-refractivity contribution is 0.214. The van der Waals surface area contributed by atoms with Crippen LogP contribution >= 0.6 is 0 Å². The first-order valence-electron chi connectivity index (χ1n) is 6.33. The number of benzene rings is 2. The fraction of sp³-hybridized carbons (Fsp3) is 0.250. The van der Waals surface area contributed by atoms with Crippen LogP contribution < -0.4 is 10.1 Å². The molecule has 2 unspecified atom stereocenters. The van der Waals surface area contributed by atoms with E-state index in [1.165, 1.54) is 16.7 Å². The quantitative estimate of drug-likeness (QED) is 0.867. The summed E-state index contributed by atoms with van der Waals surface area (Å²) in [7, 11) is 1.98. The molecule has 0 saturated heterocycles. The maximum Gasteiger partial charge on any atom is 0.124 e. The first-order valence-corrected chi connectivity index (χ1v) is 6.33. The van der Waals surface area contributed by atoms with Gasteiger partial charge in [0.05, 0.1) is 6.04 Å². The van der Waals surface area contributed by atoms with Gasteiger partial charge in [0.25, 0.3) is 0 Å². The van der Waals surface area contributed by atoms with Crippen LogP contribution in [-0.2, 0) is 0 Å². The van der Waals surface area contributed by atoms with Gasteiger partial charge in [-0.25, -0.2) is 0 Å². The molecule has 1 aliphatic heterocycles. The van der Waals surface area contributed by atoms with Gasteiger partial charge < -0.3 is 10.1 Å². The molecule has 0 aliphatic carbocycles. The van der Waals surface area contributed by atoms with Crippen LogP contribution in [0.1, 0.15) is 18.5 Å². The van der Waals surface area contributed by atoms with E-state index >= 15 is 0 Å². The zero-order valence-corrected chi connectivity index (χ0v) is 10.7. The number of nitrogens with one attached hydrogen (secondary N) is 1. The second-order valence-electron chi connectivity index (χ2n) is 4.71. The smallest absolute Gasteiger partial charge is 0.124 e. The van der Waals surface area contributed by atoms with Gasteiger partial charge in [0, 0.05) is 5.56 Å². The number of likely N-dealkylation sites (N-methyl/N-ethyl adjacent to an activating group) is 1.